The van der Waals surface area contributed by atoms with Gasteiger partial charge in [-0.05, 0) is 105 Å². The highest BCUT2D eigenvalue weighted by atomic mass is 35.5. The first-order valence-corrected chi connectivity index (χ1v) is 20.1. The summed E-state index contributed by atoms with van der Waals surface area (Å²) < 4.78 is 5.28. The van der Waals surface area contributed by atoms with E-state index in [1.54, 1.807) is 0 Å². The van der Waals surface area contributed by atoms with Crippen molar-refractivity contribution in [2.75, 3.05) is 6.73 Å². The second-order valence-electron chi connectivity index (χ2n) is 16.9. The monoisotopic (exact) mass is 673 g/mol. The minimum Gasteiger partial charge on any atom is -0.449 e. The summed E-state index contributed by atoms with van der Waals surface area (Å²) in [5.74, 6) is 4.05. The third-order valence-corrected chi connectivity index (χ3v) is 15.3. The number of hydrogen-bond donors (Lipinski definition) is 9. The molecule has 5 saturated heterocycles. The molecule has 5 heterocycles. The summed E-state index contributed by atoms with van der Waals surface area (Å²) in [6.45, 7) is -0.125. The molecule has 4 aliphatic carbocycles. The van der Waals surface area contributed by atoms with E-state index in [4.69, 9.17) is 22.1 Å². The first-order chi connectivity index (χ1) is 23.1. The second kappa shape index (κ2) is 13.5. The Morgan fingerprint density at radius 1 is 0.511 bits per heavy atom. The summed E-state index contributed by atoms with van der Waals surface area (Å²) in [6, 6.07) is 0. The third-order valence-electron chi connectivity index (χ3n) is 14.8. The fourth-order valence-electron chi connectivity index (χ4n) is 12.8. The van der Waals surface area contributed by atoms with E-state index in [0.29, 0.717) is 59.9 Å². The molecule has 5 aliphatic heterocycles. The number of esters is 1. The van der Waals surface area contributed by atoms with Crippen LogP contribution in [0.2, 0.25) is 0 Å². The van der Waals surface area contributed by atoms with Crippen LogP contribution in [0.15, 0.2) is 0 Å². The molecule has 11 nitrogen and oxygen atoms in total. The summed E-state index contributed by atoms with van der Waals surface area (Å²) in [4.78, 5) is 13.0. The maximum absolute atomic E-state index is 13.0. The fourth-order valence-corrected chi connectivity index (χ4v) is 13.1. The zero-order chi connectivity index (χ0) is 31.6. The van der Waals surface area contributed by atoms with Crippen LogP contribution in [0.5, 0.6) is 0 Å². The predicted molar refractivity (Wildman–Crippen MR) is 181 cm³/mol. The van der Waals surface area contributed by atoms with Crippen LogP contribution < -0.4 is 48.3 Å². The van der Waals surface area contributed by atoms with E-state index < -0.39 is 5.38 Å². The molecule has 0 aromatic heterocycles. The molecule has 0 spiro atoms. The van der Waals surface area contributed by atoms with Crippen molar-refractivity contribution >= 4 is 17.6 Å². The molecule has 0 amide bonds. The molecule has 12 heteroatoms. The van der Waals surface area contributed by atoms with Crippen LogP contribution in [-0.2, 0) is 9.53 Å². The zero-order valence-corrected chi connectivity index (χ0v) is 28.7. The quantitative estimate of drug-likeness (QED) is 0.123. The summed E-state index contributed by atoms with van der Waals surface area (Å²) in [5, 5.41) is 32.7. The molecule has 10 N–H and O–H groups in total. The highest BCUT2D eigenvalue weighted by molar-refractivity contribution is 6.30. The van der Waals surface area contributed by atoms with Crippen molar-refractivity contribution in [1.82, 2.24) is 42.5 Å². The number of hydrogen-bond acceptors (Lipinski definition) is 11. The first kappa shape index (κ1) is 32.3. The Hall–Kier alpha value is -0.600. The van der Waals surface area contributed by atoms with Gasteiger partial charge in [0, 0.05) is 0 Å². The van der Waals surface area contributed by atoms with Crippen LogP contribution in [0, 0.1) is 53.3 Å². The molecule has 264 valence electrons. The van der Waals surface area contributed by atoms with Crippen LogP contribution in [-0.4, -0.2) is 67.4 Å². The largest absolute Gasteiger partial charge is 0.449 e. The smallest absolute Gasteiger partial charge is 0.325 e. The topological polar surface area (TPSA) is 149 Å². The van der Waals surface area contributed by atoms with E-state index in [1.807, 2.05) is 0 Å². The number of rotatable bonds is 3. The molecule has 47 heavy (non-hydrogen) atoms. The maximum Gasteiger partial charge on any atom is 0.325 e. The van der Waals surface area contributed by atoms with E-state index in [0.717, 1.165) is 19.3 Å². The molecule has 18 atom stereocenters. The number of nitrogens with two attached hydrogens (primary N) is 1. The molecule has 0 aromatic rings. The highest BCUT2D eigenvalue weighted by Gasteiger charge is 2.56. The Labute approximate surface area is 285 Å². The molecule has 4 saturated carbocycles. The summed E-state index contributed by atoms with van der Waals surface area (Å²) in [5.41, 5.74) is 5.63. The zero-order valence-electron chi connectivity index (χ0n) is 28.0. The molecular formula is C35H60ClN9O2. The fraction of sp³-hybridized carbons (Fsp3) is 0.971. The van der Waals surface area contributed by atoms with Crippen molar-refractivity contribution in [3.05, 3.63) is 0 Å². The summed E-state index contributed by atoms with van der Waals surface area (Å²) in [6.07, 6.45) is 20.8. The number of halogens is 1. The molecule has 9 fully saturated rings. The molecule has 18 unspecified atom stereocenters. The van der Waals surface area contributed by atoms with Gasteiger partial charge < -0.3 is 4.74 Å². The van der Waals surface area contributed by atoms with E-state index in [9.17, 15) is 4.79 Å². The van der Waals surface area contributed by atoms with Crippen LogP contribution >= 0.6 is 11.6 Å². The molecule has 9 rings (SSSR count). The number of ether oxygens (including phenoxy) is 1. The van der Waals surface area contributed by atoms with Gasteiger partial charge in [0.25, 0.3) is 0 Å². The predicted octanol–water partition coefficient (Wildman–Crippen LogP) is 1.90. The van der Waals surface area contributed by atoms with E-state index >= 15 is 0 Å². The number of carbonyl (C=O) groups is 1. The van der Waals surface area contributed by atoms with Crippen molar-refractivity contribution in [2.45, 2.75) is 151 Å². The summed E-state index contributed by atoms with van der Waals surface area (Å²) in [7, 11) is 0. The van der Waals surface area contributed by atoms with Crippen LogP contribution in [0.1, 0.15) is 96.3 Å². The number of alkyl halides is 1. The van der Waals surface area contributed by atoms with Gasteiger partial charge in [0.15, 0.2) is 0 Å². The van der Waals surface area contributed by atoms with Gasteiger partial charge >= 0.3 is 5.97 Å². The third kappa shape index (κ3) is 5.80. The van der Waals surface area contributed by atoms with Crippen LogP contribution in [0.4, 0.5) is 0 Å². The van der Waals surface area contributed by atoms with Gasteiger partial charge in [0.1, 0.15) is 12.1 Å². The van der Waals surface area contributed by atoms with Crippen molar-refractivity contribution < 1.29 is 9.53 Å². The van der Waals surface area contributed by atoms with Gasteiger partial charge in [-0.2, -0.15) is 0 Å². The van der Waals surface area contributed by atoms with Crippen molar-refractivity contribution in [3.8, 4) is 0 Å². The summed E-state index contributed by atoms with van der Waals surface area (Å²) >= 11 is 7.00. The number of carbonyl (C=O) groups excluding carboxylic acids is 1. The van der Waals surface area contributed by atoms with Gasteiger partial charge in [0.2, 0.25) is 0 Å². The SMILES string of the molecule is NCOC(=O)C(Cl)C1CCCC2C3NC4NC(NC5NC(NC6NC(NC(N3)C21)C1CCCCC61)C1CCCCC51)C1CCCCC41. The number of nitrogens with one attached hydrogen (secondary N) is 8. The Morgan fingerprint density at radius 2 is 0.830 bits per heavy atom. The van der Waals surface area contributed by atoms with Crippen LogP contribution in [0.3, 0.4) is 0 Å². The van der Waals surface area contributed by atoms with E-state index in [2.05, 4.69) is 42.5 Å². The Morgan fingerprint density at radius 3 is 1.19 bits per heavy atom. The molecule has 0 radical (unpaired) electrons. The molecule has 9 aliphatic rings. The molecule has 0 aromatic carbocycles. The minimum absolute atomic E-state index is 0.0300. The lowest BCUT2D eigenvalue weighted by Gasteiger charge is -2.40. The lowest BCUT2D eigenvalue weighted by Crippen LogP contribution is -2.62. The Bertz CT molecular complexity index is 1130. The van der Waals surface area contributed by atoms with Gasteiger partial charge in [-0.25, -0.2) is 0 Å². The minimum atomic E-state index is -0.690. The molecule has 8 bridgehead atoms. The average molecular weight is 674 g/mol. The van der Waals surface area contributed by atoms with E-state index in [1.165, 1.54) is 77.0 Å². The molecular weight excluding hydrogens is 614 g/mol. The van der Waals surface area contributed by atoms with Crippen molar-refractivity contribution in [2.24, 2.45) is 59.0 Å². The van der Waals surface area contributed by atoms with Crippen LogP contribution in [0.25, 0.3) is 0 Å². The van der Waals surface area contributed by atoms with Crippen molar-refractivity contribution in [3.63, 3.8) is 0 Å². The second-order valence-corrected chi connectivity index (χ2v) is 17.3. The van der Waals surface area contributed by atoms with Gasteiger partial charge in [-0.15, -0.1) is 11.6 Å². The average Bonchev–Trinajstić information content (AvgIpc) is 3.84. The van der Waals surface area contributed by atoms with E-state index in [-0.39, 0.29) is 55.4 Å². The van der Waals surface area contributed by atoms with Gasteiger partial charge in [-0.3, -0.25) is 53.1 Å². The maximum atomic E-state index is 13.0. The van der Waals surface area contributed by atoms with Crippen molar-refractivity contribution in [1.29, 1.82) is 0 Å². The Kier molecular flexibility index (Phi) is 9.29. The lowest BCUT2D eigenvalue weighted by atomic mass is 9.70. The standard InChI is InChI=1S/C35H60ClN9O2/c36-26(35(46)47-16-37)23-14-7-15-24-25(23)34-44-32-22-13-6-5-12-21(22)30(42-32)40-28-18-9-2-1-8-17(18)27(38-28)39-29-19-10-3-4-11-20(19)31(41-29)43-33(24)45-34/h17-34,38-45H,1-16,37H2. The highest BCUT2D eigenvalue weighted by Crippen LogP contribution is 2.48. The number of fused-ring (bicyclic) bond motifs is 20. The first-order valence-electron chi connectivity index (χ1n) is 19.7. The van der Waals surface area contributed by atoms with Gasteiger partial charge in [0.05, 0.1) is 49.3 Å². The normalized spacial score (nSPS) is 52.9. The lowest BCUT2D eigenvalue weighted by molar-refractivity contribution is -0.145. The Balaban J connectivity index is 1.06. The van der Waals surface area contributed by atoms with Gasteiger partial charge in [-0.1, -0.05) is 44.9 Å².